The van der Waals surface area contributed by atoms with Crippen LogP contribution in [0.25, 0.3) is 22.4 Å². The van der Waals surface area contributed by atoms with E-state index in [9.17, 15) is 13.6 Å². The van der Waals surface area contributed by atoms with Crippen LogP contribution in [0.4, 0.5) is 26.0 Å². The van der Waals surface area contributed by atoms with E-state index in [1.165, 1.54) is 24.7 Å². The number of hydrogen-bond donors (Lipinski definition) is 2. The lowest BCUT2D eigenvalue weighted by Gasteiger charge is -2.15. The van der Waals surface area contributed by atoms with Crippen molar-refractivity contribution in [2.24, 2.45) is 0 Å². The van der Waals surface area contributed by atoms with Gasteiger partial charge in [0.25, 0.3) is 0 Å². The first kappa shape index (κ1) is 29.9. The van der Waals surface area contributed by atoms with Crippen LogP contribution < -0.4 is 10.6 Å². The number of nitrogens with zero attached hydrogens (tertiary/aromatic N) is 6. The molecule has 0 spiro atoms. The number of benzene rings is 2. The van der Waals surface area contributed by atoms with E-state index in [0.717, 1.165) is 11.8 Å². The molecule has 41 heavy (non-hydrogen) atoms. The number of nitrogens with one attached hydrogen (secondary N) is 2. The number of rotatable bonds is 7. The second-order valence-electron chi connectivity index (χ2n) is 9.13. The van der Waals surface area contributed by atoms with Crippen LogP contribution in [0.3, 0.4) is 0 Å². The van der Waals surface area contributed by atoms with E-state index in [1.807, 2.05) is 24.3 Å². The summed E-state index contributed by atoms with van der Waals surface area (Å²) < 4.78 is 30.8. The molecule has 13 heteroatoms. The summed E-state index contributed by atoms with van der Waals surface area (Å²) in [6.07, 6.45) is 5.88. The van der Waals surface area contributed by atoms with Crippen LogP contribution >= 0.6 is 28.4 Å². The molecule has 0 saturated heterocycles. The first-order valence-corrected chi connectivity index (χ1v) is 16.2. The summed E-state index contributed by atoms with van der Waals surface area (Å²) in [5.41, 5.74) is 3.20. The monoisotopic (exact) mass is 684 g/mol. The molecule has 9 nitrogen and oxygen atoms in total. The predicted molar refractivity (Wildman–Crippen MR) is 166 cm³/mol. The third-order valence-corrected chi connectivity index (χ3v) is 8.18. The Morgan fingerprint density at radius 3 is 2.61 bits per heavy atom. The van der Waals surface area contributed by atoms with Crippen LogP contribution in [0.5, 0.6) is 0 Å². The summed E-state index contributed by atoms with van der Waals surface area (Å²) in [4.78, 5) is 27.8. The van der Waals surface area contributed by atoms with Crippen LogP contribution in [0.2, 0.25) is 0 Å². The van der Waals surface area contributed by atoms with Crippen molar-refractivity contribution >= 4 is 63.1 Å². The van der Waals surface area contributed by atoms with Gasteiger partial charge in [-0.1, -0.05) is 18.2 Å². The molecule has 3 heterocycles. The number of pyridine rings is 1. The summed E-state index contributed by atoms with van der Waals surface area (Å²) in [7, 11) is 1.56. The van der Waals surface area contributed by atoms with Crippen molar-refractivity contribution in [3.8, 4) is 17.3 Å². The largest absolute Gasteiger partial charge is 0.386 e. The summed E-state index contributed by atoms with van der Waals surface area (Å²) in [6, 6.07) is 15.3. The molecule has 0 aliphatic rings. The van der Waals surface area contributed by atoms with Gasteiger partial charge < -0.3 is 10.6 Å². The Hall–Kier alpha value is -4.08. The normalized spacial score (nSPS) is 11.1. The predicted octanol–water partition coefficient (Wildman–Crippen LogP) is 7.04. The average molecular weight is 684 g/mol. The summed E-state index contributed by atoms with van der Waals surface area (Å²) >= 11 is 2.24. The third-order valence-electron chi connectivity index (χ3n) is 6.12. The number of imidazole rings is 1. The second kappa shape index (κ2) is 13.1. The number of anilines is 3. The lowest BCUT2D eigenvalue weighted by atomic mass is 9.86. The van der Waals surface area contributed by atoms with Crippen LogP contribution in [-0.4, -0.2) is 37.6 Å². The molecule has 0 amide bonds. The minimum absolute atomic E-state index is 0.174. The van der Waals surface area contributed by atoms with Gasteiger partial charge in [0.1, 0.15) is 47.5 Å². The maximum Gasteiger partial charge on any atom is 0.172 e. The second-order valence-corrected chi connectivity index (χ2v) is 11.2. The van der Waals surface area contributed by atoms with Crippen molar-refractivity contribution in [3.63, 3.8) is 0 Å². The zero-order chi connectivity index (χ0) is 29.6. The molecule has 208 valence electrons. The minimum atomic E-state index is -0.734. The van der Waals surface area contributed by atoms with Crippen LogP contribution in [0, 0.1) is 23.0 Å². The zero-order valence-electron chi connectivity index (χ0n) is 22.2. The maximum absolute atomic E-state index is 14.6. The molecule has 0 aliphatic heterocycles. The number of halogens is 3. The van der Waals surface area contributed by atoms with E-state index in [4.69, 9.17) is 5.26 Å². The van der Waals surface area contributed by atoms with E-state index in [2.05, 4.69) is 58.7 Å². The van der Waals surface area contributed by atoms with Crippen LogP contribution in [0.1, 0.15) is 29.8 Å². The molecule has 0 fully saturated rings. The van der Waals surface area contributed by atoms with E-state index in [-0.39, 0.29) is 17.2 Å². The van der Waals surface area contributed by atoms with Gasteiger partial charge in [-0.05, 0) is 71.8 Å². The Bertz CT molecular complexity index is 1760. The summed E-state index contributed by atoms with van der Waals surface area (Å²) in [6.45, 7) is 3.66. The van der Waals surface area contributed by atoms with Gasteiger partial charge in [0.2, 0.25) is 0 Å². The van der Waals surface area contributed by atoms with Crippen molar-refractivity contribution in [2.75, 3.05) is 17.7 Å². The van der Waals surface area contributed by atoms with Gasteiger partial charge in [0.05, 0.1) is 23.5 Å². The summed E-state index contributed by atoms with van der Waals surface area (Å²) in [5, 5.41) is 14.3. The van der Waals surface area contributed by atoms with Gasteiger partial charge >= 0.3 is 0 Å². The van der Waals surface area contributed by atoms with Gasteiger partial charge in [0.15, 0.2) is 11.5 Å². The Kier molecular flexibility index (Phi) is 9.52. The van der Waals surface area contributed by atoms with E-state index in [1.54, 1.807) is 43.7 Å². The number of nitriles is 1. The molecule has 3 aromatic heterocycles. The standard InChI is InChI=1S/C17H13F2IN7P.C11H11NO/c1-21-11-5-4-10(18)14(12(11)19)26-16-9(3-2-6-22-16)13-15-17(24-7-23-13)27(28-20)8-25-15;1-11(2,8-12)10-5-3-4-9(6-10)7-13/h2-8,21,28H,1H3,(H,22,26);3-7H,1-2H3. The zero-order valence-corrected chi connectivity index (χ0v) is 25.3. The van der Waals surface area contributed by atoms with Crippen molar-refractivity contribution in [2.45, 2.75) is 19.3 Å². The fourth-order valence-corrected chi connectivity index (χ4v) is 5.24. The molecule has 2 aromatic carbocycles. The van der Waals surface area contributed by atoms with Crippen molar-refractivity contribution in [3.05, 3.63) is 90.1 Å². The quantitative estimate of drug-likeness (QED) is 0.106. The first-order chi connectivity index (χ1) is 19.7. The highest BCUT2D eigenvalue weighted by atomic mass is 127. The number of carbonyl (C=O) groups excluding carboxylic acids is 1. The van der Waals surface area contributed by atoms with Crippen molar-refractivity contribution < 1.29 is 13.6 Å². The molecule has 1 atom stereocenters. The topological polar surface area (TPSA) is 121 Å². The van der Waals surface area contributed by atoms with Crippen molar-refractivity contribution in [1.82, 2.24) is 24.3 Å². The lowest BCUT2D eigenvalue weighted by Crippen LogP contribution is -2.13. The van der Waals surface area contributed by atoms with E-state index < -0.39 is 17.0 Å². The molecular formula is C28H24F2IN8OP. The van der Waals surface area contributed by atoms with Crippen molar-refractivity contribution in [1.29, 1.82) is 5.26 Å². The van der Waals surface area contributed by atoms with Crippen LogP contribution in [0.15, 0.2) is 67.4 Å². The lowest BCUT2D eigenvalue weighted by molar-refractivity contribution is 0.112. The van der Waals surface area contributed by atoms with Gasteiger partial charge in [-0.25, -0.2) is 28.7 Å². The van der Waals surface area contributed by atoms with E-state index >= 15 is 0 Å². The van der Waals surface area contributed by atoms with E-state index in [0.29, 0.717) is 34.4 Å². The Morgan fingerprint density at radius 2 is 1.90 bits per heavy atom. The molecule has 0 bridgehead atoms. The van der Waals surface area contributed by atoms with Gasteiger partial charge in [-0.15, -0.1) is 0 Å². The molecule has 0 aliphatic carbocycles. The molecule has 5 aromatic rings. The third kappa shape index (κ3) is 6.47. The van der Waals surface area contributed by atoms with Crippen LogP contribution in [-0.2, 0) is 5.41 Å². The number of aromatic nitrogens is 5. The number of carbonyl (C=O) groups is 1. The fourth-order valence-electron chi connectivity index (χ4n) is 3.83. The van der Waals surface area contributed by atoms with Gasteiger partial charge in [0, 0.05) is 24.4 Å². The Labute approximate surface area is 249 Å². The van der Waals surface area contributed by atoms with Gasteiger partial charge in [-0.3, -0.25) is 9.13 Å². The minimum Gasteiger partial charge on any atom is -0.386 e. The number of aldehydes is 1. The SMILES string of the molecule is CC(C)(C#N)c1cccc(C=O)c1.CNc1ccc(F)c(Nc2ncccc2-c2ncnc3c2ncn3PI)c1F. The molecule has 0 radical (unpaired) electrons. The Morgan fingerprint density at radius 1 is 1.10 bits per heavy atom. The number of hydrogen-bond acceptors (Lipinski definition) is 8. The highest BCUT2D eigenvalue weighted by Gasteiger charge is 2.20. The smallest absolute Gasteiger partial charge is 0.172 e. The molecule has 5 rings (SSSR count). The number of fused-ring (bicyclic) bond motifs is 1. The molecule has 1 unspecified atom stereocenters. The highest BCUT2D eigenvalue weighted by molar-refractivity contribution is 14.2. The Balaban J connectivity index is 0.000000251. The fraction of sp³-hybridized carbons (Fsp3) is 0.143. The molecular weight excluding hydrogens is 660 g/mol. The maximum atomic E-state index is 14.6. The van der Waals surface area contributed by atoms with Gasteiger partial charge in [-0.2, -0.15) is 5.26 Å². The highest BCUT2D eigenvalue weighted by Crippen LogP contribution is 2.35. The molecule has 2 N–H and O–H groups in total. The average Bonchev–Trinajstić information content (AvgIpc) is 3.43. The summed E-state index contributed by atoms with van der Waals surface area (Å²) in [5.74, 6) is -1.20. The molecule has 0 saturated carbocycles. The first-order valence-electron chi connectivity index (χ1n) is 12.1.